The van der Waals surface area contributed by atoms with E-state index in [4.69, 9.17) is 11.6 Å². The van der Waals surface area contributed by atoms with Gasteiger partial charge in [0.15, 0.2) is 0 Å². The average Bonchev–Trinajstić information content (AvgIpc) is 2.17. The maximum Gasteiger partial charge on any atom is 0.255 e. The molecule has 2 N–H and O–H groups in total. The molecule has 1 amide bonds. The van der Waals surface area contributed by atoms with E-state index in [-0.39, 0.29) is 23.3 Å². The predicted molar refractivity (Wildman–Crippen MR) is 68.4 cm³/mol. The molecule has 0 saturated carbocycles. The molecule has 0 fully saturated rings. The van der Waals surface area contributed by atoms with Crippen molar-refractivity contribution in [3.8, 4) is 5.75 Å². The van der Waals surface area contributed by atoms with Crippen molar-refractivity contribution in [2.45, 2.75) is 13.0 Å². The van der Waals surface area contributed by atoms with Crippen LogP contribution in [0.15, 0.2) is 18.2 Å². The summed E-state index contributed by atoms with van der Waals surface area (Å²) in [6, 6.07) is 4.52. The summed E-state index contributed by atoms with van der Waals surface area (Å²) in [6.07, 6.45) is 1.97. The molecular formula is C11H14ClNO2S. The molecule has 0 spiro atoms. The van der Waals surface area contributed by atoms with Crippen LogP contribution in [0.5, 0.6) is 5.75 Å². The summed E-state index contributed by atoms with van der Waals surface area (Å²) in [7, 11) is 0. The lowest BCUT2D eigenvalue weighted by atomic mass is 10.2. The van der Waals surface area contributed by atoms with Crippen LogP contribution >= 0.6 is 23.4 Å². The highest BCUT2D eigenvalue weighted by molar-refractivity contribution is 7.98. The van der Waals surface area contributed by atoms with Gasteiger partial charge in [-0.3, -0.25) is 4.79 Å². The lowest BCUT2D eigenvalue weighted by Crippen LogP contribution is -2.34. The second-order valence-corrected chi connectivity index (χ2v) is 4.84. The van der Waals surface area contributed by atoms with Gasteiger partial charge in [0.2, 0.25) is 0 Å². The van der Waals surface area contributed by atoms with E-state index in [9.17, 15) is 9.90 Å². The molecule has 16 heavy (non-hydrogen) atoms. The van der Waals surface area contributed by atoms with E-state index in [0.717, 1.165) is 5.75 Å². The van der Waals surface area contributed by atoms with Gasteiger partial charge in [0.05, 0.1) is 5.56 Å². The molecule has 88 valence electrons. The molecule has 0 aromatic heterocycles. The number of halogens is 1. The largest absolute Gasteiger partial charge is 0.507 e. The molecule has 0 aliphatic rings. The third kappa shape index (κ3) is 3.61. The van der Waals surface area contributed by atoms with Crippen molar-refractivity contribution in [3.05, 3.63) is 28.8 Å². The summed E-state index contributed by atoms with van der Waals surface area (Å²) >= 11 is 7.34. The van der Waals surface area contributed by atoms with Crippen LogP contribution in [0.2, 0.25) is 5.02 Å². The van der Waals surface area contributed by atoms with E-state index in [1.165, 1.54) is 12.1 Å². The average molecular weight is 260 g/mol. The van der Waals surface area contributed by atoms with E-state index in [2.05, 4.69) is 5.32 Å². The van der Waals surface area contributed by atoms with Crippen molar-refractivity contribution in [1.82, 2.24) is 5.32 Å². The lowest BCUT2D eigenvalue weighted by molar-refractivity contribution is 0.0941. The molecule has 1 rings (SSSR count). The second-order valence-electron chi connectivity index (χ2n) is 3.49. The summed E-state index contributed by atoms with van der Waals surface area (Å²) in [6.45, 7) is 1.92. The van der Waals surface area contributed by atoms with Gasteiger partial charge in [0, 0.05) is 16.8 Å². The fraction of sp³-hybridized carbons (Fsp3) is 0.364. The molecule has 0 aliphatic carbocycles. The Morgan fingerprint density at radius 1 is 1.62 bits per heavy atom. The fourth-order valence-corrected chi connectivity index (χ4v) is 2.04. The normalized spacial score (nSPS) is 12.2. The van der Waals surface area contributed by atoms with E-state index in [0.29, 0.717) is 5.02 Å². The smallest absolute Gasteiger partial charge is 0.255 e. The Hall–Kier alpha value is -0.870. The maximum absolute atomic E-state index is 11.7. The lowest BCUT2D eigenvalue weighted by Gasteiger charge is -2.13. The molecule has 0 saturated heterocycles. The minimum Gasteiger partial charge on any atom is -0.507 e. The summed E-state index contributed by atoms with van der Waals surface area (Å²) in [5, 5.41) is 12.8. The number of benzene rings is 1. The van der Waals surface area contributed by atoms with Crippen LogP contribution in [0.25, 0.3) is 0 Å². The van der Waals surface area contributed by atoms with E-state index < -0.39 is 0 Å². The van der Waals surface area contributed by atoms with Crippen molar-refractivity contribution >= 4 is 29.3 Å². The highest BCUT2D eigenvalue weighted by Gasteiger charge is 2.13. The molecule has 1 unspecified atom stereocenters. The van der Waals surface area contributed by atoms with Gasteiger partial charge in [-0.1, -0.05) is 11.6 Å². The Kier molecular flexibility index (Phi) is 4.96. The molecule has 1 aromatic rings. The van der Waals surface area contributed by atoms with Gasteiger partial charge in [0.1, 0.15) is 5.75 Å². The number of hydrogen-bond acceptors (Lipinski definition) is 3. The molecule has 0 heterocycles. The minimum absolute atomic E-state index is 0.0672. The Morgan fingerprint density at radius 3 is 2.88 bits per heavy atom. The van der Waals surface area contributed by atoms with Crippen LogP contribution in [0.4, 0.5) is 0 Å². The number of aromatic hydroxyl groups is 1. The van der Waals surface area contributed by atoms with E-state index >= 15 is 0 Å². The summed E-state index contributed by atoms with van der Waals surface area (Å²) in [5.74, 6) is 0.456. The summed E-state index contributed by atoms with van der Waals surface area (Å²) in [5.41, 5.74) is 0.248. The van der Waals surface area contributed by atoms with Crippen molar-refractivity contribution < 1.29 is 9.90 Å². The second kappa shape index (κ2) is 6.01. The van der Waals surface area contributed by atoms with Gasteiger partial charge in [-0.25, -0.2) is 0 Å². The number of amides is 1. The molecule has 0 radical (unpaired) electrons. The first-order valence-electron chi connectivity index (χ1n) is 4.83. The van der Waals surface area contributed by atoms with Gasteiger partial charge >= 0.3 is 0 Å². The molecule has 1 atom stereocenters. The first-order chi connectivity index (χ1) is 7.54. The van der Waals surface area contributed by atoms with E-state index in [1.807, 2.05) is 13.2 Å². The molecule has 0 bridgehead atoms. The number of carbonyl (C=O) groups excluding carboxylic acids is 1. The van der Waals surface area contributed by atoms with Crippen LogP contribution in [0, 0.1) is 0 Å². The highest BCUT2D eigenvalue weighted by Crippen LogP contribution is 2.21. The fourth-order valence-electron chi connectivity index (χ4n) is 1.29. The van der Waals surface area contributed by atoms with E-state index in [1.54, 1.807) is 17.8 Å². The number of thioether (sulfide) groups is 1. The van der Waals surface area contributed by atoms with Crippen molar-refractivity contribution in [2.75, 3.05) is 12.0 Å². The standard InChI is InChI=1S/C11H14ClNO2S/c1-7(6-16-2)13-11(15)9-4-3-8(12)5-10(9)14/h3-5,7,14H,6H2,1-2H3,(H,13,15). The van der Waals surface area contributed by atoms with Crippen molar-refractivity contribution in [3.63, 3.8) is 0 Å². The first-order valence-corrected chi connectivity index (χ1v) is 6.60. The number of hydrogen-bond donors (Lipinski definition) is 2. The monoisotopic (exact) mass is 259 g/mol. The van der Waals surface area contributed by atoms with Gasteiger partial charge in [-0.05, 0) is 31.4 Å². The number of nitrogens with one attached hydrogen (secondary N) is 1. The minimum atomic E-state index is -0.282. The van der Waals surface area contributed by atoms with Crippen molar-refractivity contribution in [2.24, 2.45) is 0 Å². The van der Waals surface area contributed by atoms with Crippen molar-refractivity contribution in [1.29, 1.82) is 0 Å². The molecule has 3 nitrogen and oxygen atoms in total. The van der Waals surface area contributed by atoms with Crippen LogP contribution < -0.4 is 5.32 Å². The Labute approximate surface area is 104 Å². The Balaban J connectivity index is 2.73. The SMILES string of the molecule is CSCC(C)NC(=O)c1ccc(Cl)cc1O. The summed E-state index contributed by atoms with van der Waals surface area (Å²) < 4.78 is 0. The Morgan fingerprint density at radius 2 is 2.31 bits per heavy atom. The van der Waals surface area contributed by atoms with Crippen LogP contribution in [-0.2, 0) is 0 Å². The predicted octanol–water partition coefficient (Wildman–Crippen LogP) is 2.53. The molecule has 0 aliphatic heterocycles. The van der Waals surface area contributed by atoms with Crippen LogP contribution in [0.3, 0.4) is 0 Å². The Bertz CT molecular complexity index is 384. The number of phenols is 1. The maximum atomic E-state index is 11.7. The van der Waals surface area contributed by atoms with Crippen LogP contribution in [-0.4, -0.2) is 29.1 Å². The zero-order chi connectivity index (χ0) is 12.1. The van der Waals surface area contributed by atoms with Gasteiger partial charge in [-0.2, -0.15) is 11.8 Å². The van der Waals surface area contributed by atoms with Crippen LogP contribution in [0.1, 0.15) is 17.3 Å². The quantitative estimate of drug-likeness (QED) is 0.874. The third-order valence-corrected chi connectivity index (χ3v) is 3.07. The number of rotatable bonds is 4. The zero-order valence-electron chi connectivity index (χ0n) is 9.16. The zero-order valence-corrected chi connectivity index (χ0v) is 10.7. The number of phenolic OH excluding ortho intramolecular Hbond substituents is 1. The highest BCUT2D eigenvalue weighted by atomic mass is 35.5. The third-order valence-electron chi connectivity index (χ3n) is 2.00. The molecule has 5 heteroatoms. The topological polar surface area (TPSA) is 49.3 Å². The first kappa shape index (κ1) is 13.2. The molecular weight excluding hydrogens is 246 g/mol. The van der Waals surface area contributed by atoms with Gasteiger partial charge < -0.3 is 10.4 Å². The number of carbonyl (C=O) groups is 1. The van der Waals surface area contributed by atoms with Gasteiger partial charge in [-0.15, -0.1) is 0 Å². The van der Waals surface area contributed by atoms with Gasteiger partial charge in [0.25, 0.3) is 5.91 Å². The summed E-state index contributed by atoms with van der Waals surface area (Å²) in [4.78, 5) is 11.7. The molecule has 1 aromatic carbocycles.